The van der Waals surface area contributed by atoms with Crippen molar-refractivity contribution >= 4 is 20.8 Å². The first kappa shape index (κ1) is 15.2. The summed E-state index contributed by atoms with van der Waals surface area (Å²) in [6.07, 6.45) is 1.54. The minimum absolute atomic E-state index is 0.511. The fourth-order valence-corrected chi connectivity index (χ4v) is 4.75. The molecule has 1 saturated heterocycles. The Balaban J connectivity index is 2.08. The summed E-state index contributed by atoms with van der Waals surface area (Å²) in [6.45, 7) is 6.19. The van der Waals surface area contributed by atoms with E-state index < -0.39 is 15.3 Å². The first-order chi connectivity index (χ1) is 10.6. The van der Waals surface area contributed by atoms with Gasteiger partial charge in [0.05, 0.1) is 0 Å². The number of nitrogens with zero attached hydrogens (tertiary/aromatic N) is 1. The summed E-state index contributed by atoms with van der Waals surface area (Å²) >= 11 is 0. The Labute approximate surface area is 131 Å². The molecule has 0 saturated carbocycles. The van der Waals surface area contributed by atoms with E-state index in [0.29, 0.717) is 26.2 Å². The van der Waals surface area contributed by atoms with Gasteiger partial charge in [0, 0.05) is 26.2 Å². The molecule has 1 heterocycles. The van der Waals surface area contributed by atoms with Crippen molar-refractivity contribution in [2.75, 3.05) is 26.2 Å². The summed E-state index contributed by atoms with van der Waals surface area (Å²) in [6, 6.07) is 13.6. The summed E-state index contributed by atoms with van der Waals surface area (Å²) < 4.78 is 27.5. The molecule has 0 aromatic heterocycles. The fourth-order valence-electron chi connectivity index (χ4n) is 2.97. The highest BCUT2D eigenvalue weighted by molar-refractivity contribution is 7.89. The number of nitrogens with one attached hydrogen (secondary N) is 1. The summed E-state index contributed by atoms with van der Waals surface area (Å²) in [4.78, 5) is 0. The standard InChI is InChI=1S/C17H20N2O2S/c1-2-17(22(20,21)19-12-10-18-11-13-19)16-9-5-7-14-6-3-4-8-15(14)16/h2-9,17-18H,1,10-13H2. The van der Waals surface area contributed by atoms with E-state index in [1.54, 1.807) is 10.4 Å². The average molecular weight is 316 g/mol. The minimum Gasteiger partial charge on any atom is -0.314 e. The van der Waals surface area contributed by atoms with Crippen molar-refractivity contribution in [1.29, 1.82) is 0 Å². The number of rotatable bonds is 4. The second-order valence-electron chi connectivity index (χ2n) is 5.42. The third-order valence-corrected chi connectivity index (χ3v) is 6.27. The Morgan fingerprint density at radius 3 is 2.50 bits per heavy atom. The second kappa shape index (κ2) is 6.20. The predicted molar refractivity (Wildman–Crippen MR) is 90.2 cm³/mol. The molecule has 1 aliphatic heterocycles. The van der Waals surface area contributed by atoms with E-state index in [0.717, 1.165) is 16.3 Å². The highest BCUT2D eigenvalue weighted by atomic mass is 32.2. The van der Waals surface area contributed by atoms with Crippen LogP contribution in [0.3, 0.4) is 0 Å². The van der Waals surface area contributed by atoms with Gasteiger partial charge in [-0.25, -0.2) is 8.42 Å². The van der Waals surface area contributed by atoms with Crippen LogP contribution in [-0.4, -0.2) is 38.9 Å². The second-order valence-corrected chi connectivity index (χ2v) is 7.47. The zero-order chi connectivity index (χ0) is 15.6. The number of piperazine rings is 1. The molecule has 4 nitrogen and oxygen atoms in total. The fraction of sp³-hybridized carbons (Fsp3) is 0.294. The van der Waals surface area contributed by atoms with Gasteiger partial charge in [-0.2, -0.15) is 4.31 Å². The smallest absolute Gasteiger partial charge is 0.224 e. The minimum atomic E-state index is -3.44. The van der Waals surface area contributed by atoms with Crippen LogP contribution in [0, 0.1) is 0 Å². The molecule has 3 rings (SSSR count). The van der Waals surface area contributed by atoms with Crippen molar-refractivity contribution in [2.45, 2.75) is 5.25 Å². The third kappa shape index (κ3) is 2.67. The Kier molecular flexibility index (Phi) is 4.29. The lowest BCUT2D eigenvalue weighted by molar-refractivity contribution is 0.358. The summed E-state index contributed by atoms with van der Waals surface area (Å²) in [5.74, 6) is 0. The molecule has 116 valence electrons. The van der Waals surface area contributed by atoms with Crippen LogP contribution in [-0.2, 0) is 10.0 Å². The molecule has 1 fully saturated rings. The molecule has 1 unspecified atom stereocenters. The van der Waals surface area contributed by atoms with Crippen molar-refractivity contribution in [3.63, 3.8) is 0 Å². The Hall–Kier alpha value is -1.69. The molecule has 2 aromatic carbocycles. The van der Waals surface area contributed by atoms with Crippen molar-refractivity contribution in [3.05, 3.63) is 60.7 Å². The lowest BCUT2D eigenvalue weighted by Gasteiger charge is -2.30. The maximum atomic E-state index is 13.0. The van der Waals surface area contributed by atoms with Crippen LogP contribution in [0.2, 0.25) is 0 Å². The van der Waals surface area contributed by atoms with Crippen LogP contribution in [0.25, 0.3) is 10.8 Å². The van der Waals surface area contributed by atoms with Gasteiger partial charge >= 0.3 is 0 Å². The highest BCUT2D eigenvalue weighted by Gasteiger charge is 2.32. The van der Waals surface area contributed by atoms with E-state index in [4.69, 9.17) is 0 Å². The molecule has 0 amide bonds. The molecule has 0 radical (unpaired) electrons. The van der Waals surface area contributed by atoms with Gasteiger partial charge in [0.15, 0.2) is 0 Å². The van der Waals surface area contributed by atoms with E-state index in [9.17, 15) is 8.42 Å². The lowest BCUT2D eigenvalue weighted by Crippen LogP contribution is -2.47. The average Bonchev–Trinajstić information content (AvgIpc) is 2.56. The van der Waals surface area contributed by atoms with Gasteiger partial charge in [-0.1, -0.05) is 48.5 Å². The van der Waals surface area contributed by atoms with Gasteiger partial charge in [0.1, 0.15) is 5.25 Å². The maximum absolute atomic E-state index is 13.0. The molecular weight excluding hydrogens is 296 g/mol. The summed E-state index contributed by atoms with van der Waals surface area (Å²) in [7, 11) is -3.44. The van der Waals surface area contributed by atoms with Gasteiger partial charge in [0.25, 0.3) is 0 Å². The predicted octanol–water partition coefficient (Wildman–Crippen LogP) is 2.30. The highest BCUT2D eigenvalue weighted by Crippen LogP contribution is 2.32. The molecule has 1 N–H and O–H groups in total. The largest absolute Gasteiger partial charge is 0.314 e. The van der Waals surface area contributed by atoms with Crippen LogP contribution < -0.4 is 5.32 Å². The van der Waals surface area contributed by atoms with Crippen molar-refractivity contribution < 1.29 is 8.42 Å². The van der Waals surface area contributed by atoms with Crippen molar-refractivity contribution in [2.24, 2.45) is 0 Å². The van der Waals surface area contributed by atoms with Gasteiger partial charge in [-0.3, -0.25) is 0 Å². The first-order valence-electron chi connectivity index (χ1n) is 7.44. The molecular formula is C17H20N2O2S. The number of sulfonamides is 1. The van der Waals surface area contributed by atoms with Gasteiger partial charge in [-0.05, 0) is 16.3 Å². The van der Waals surface area contributed by atoms with E-state index in [-0.39, 0.29) is 0 Å². The topological polar surface area (TPSA) is 49.4 Å². The Bertz CT molecular complexity index is 775. The van der Waals surface area contributed by atoms with Crippen LogP contribution in [0.5, 0.6) is 0 Å². The number of fused-ring (bicyclic) bond motifs is 1. The van der Waals surface area contributed by atoms with Crippen molar-refractivity contribution in [1.82, 2.24) is 9.62 Å². The quantitative estimate of drug-likeness (QED) is 0.881. The lowest BCUT2D eigenvalue weighted by atomic mass is 10.0. The number of hydrogen-bond acceptors (Lipinski definition) is 3. The van der Waals surface area contributed by atoms with Crippen LogP contribution in [0.1, 0.15) is 10.8 Å². The SMILES string of the molecule is C=CC(c1cccc2ccccc12)S(=O)(=O)N1CCNCC1. The first-order valence-corrected chi connectivity index (χ1v) is 8.95. The van der Waals surface area contributed by atoms with E-state index in [1.807, 2.05) is 42.5 Å². The molecule has 22 heavy (non-hydrogen) atoms. The third-order valence-electron chi connectivity index (χ3n) is 4.10. The molecule has 5 heteroatoms. The normalized spacial score (nSPS) is 18.2. The monoisotopic (exact) mass is 316 g/mol. The molecule has 2 aromatic rings. The maximum Gasteiger partial charge on any atom is 0.224 e. The Morgan fingerprint density at radius 1 is 1.09 bits per heavy atom. The van der Waals surface area contributed by atoms with E-state index in [2.05, 4.69) is 11.9 Å². The zero-order valence-electron chi connectivity index (χ0n) is 12.4. The van der Waals surface area contributed by atoms with Crippen LogP contribution in [0.4, 0.5) is 0 Å². The van der Waals surface area contributed by atoms with E-state index >= 15 is 0 Å². The summed E-state index contributed by atoms with van der Waals surface area (Å²) in [5, 5.41) is 4.48. The molecule has 1 atom stereocenters. The number of hydrogen-bond donors (Lipinski definition) is 1. The molecule has 0 aliphatic carbocycles. The Morgan fingerprint density at radius 2 is 1.77 bits per heavy atom. The van der Waals surface area contributed by atoms with Gasteiger partial charge in [0.2, 0.25) is 10.0 Å². The van der Waals surface area contributed by atoms with E-state index in [1.165, 1.54) is 0 Å². The van der Waals surface area contributed by atoms with Crippen LogP contribution in [0.15, 0.2) is 55.1 Å². The molecule has 0 bridgehead atoms. The van der Waals surface area contributed by atoms with Gasteiger partial charge in [-0.15, -0.1) is 6.58 Å². The number of benzene rings is 2. The zero-order valence-corrected chi connectivity index (χ0v) is 13.2. The molecule has 0 spiro atoms. The molecule has 1 aliphatic rings. The van der Waals surface area contributed by atoms with Crippen LogP contribution >= 0.6 is 0 Å². The van der Waals surface area contributed by atoms with Crippen molar-refractivity contribution in [3.8, 4) is 0 Å². The summed E-state index contributed by atoms with van der Waals surface area (Å²) in [5.41, 5.74) is 0.798. The van der Waals surface area contributed by atoms with Gasteiger partial charge < -0.3 is 5.32 Å².